The van der Waals surface area contributed by atoms with E-state index in [4.69, 9.17) is 0 Å². The maximum atomic E-state index is 11.9. The van der Waals surface area contributed by atoms with E-state index in [1.54, 1.807) is 0 Å². The van der Waals surface area contributed by atoms with Crippen molar-refractivity contribution < 1.29 is 9.36 Å². The maximum absolute atomic E-state index is 11.9. The van der Waals surface area contributed by atoms with E-state index in [1.165, 1.54) is 0 Å². The lowest BCUT2D eigenvalue weighted by atomic mass is 10.4. The molecule has 0 unspecified atom stereocenters. The number of carbonyl (C=O) groups excluding carboxylic acids is 1. The monoisotopic (exact) mass is 226 g/mol. The summed E-state index contributed by atoms with van der Waals surface area (Å²) in [6, 6.07) is 0. The Balaban J connectivity index is 1.94. The van der Waals surface area contributed by atoms with Gasteiger partial charge < -0.3 is 4.90 Å². The zero-order chi connectivity index (χ0) is 10.7. The van der Waals surface area contributed by atoms with Crippen LogP contribution in [0.1, 0.15) is 5.82 Å². The number of nitrogens with one attached hydrogen (secondary N) is 1. The molecule has 1 aromatic rings. The first-order chi connectivity index (χ1) is 7.27. The predicted octanol–water partition coefficient (Wildman–Crippen LogP) is 0.186. The molecule has 2 rings (SSSR count). The van der Waals surface area contributed by atoms with Gasteiger partial charge in [0.25, 0.3) is 11.7 Å². The van der Waals surface area contributed by atoms with Crippen LogP contribution in [0.25, 0.3) is 0 Å². The van der Waals surface area contributed by atoms with Gasteiger partial charge >= 0.3 is 0 Å². The van der Waals surface area contributed by atoms with Crippen LogP contribution in [0.3, 0.4) is 0 Å². The largest absolute Gasteiger partial charge is 0.338 e. The molecule has 1 aliphatic heterocycles. The molecule has 1 fully saturated rings. The van der Waals surface area contributed by atoms with Crippen LogP contribution in [-0.4, -0.2) is 40.4 Å². The standard InChI is InChI=1S/C10H15N3OS/c1-9-11-2-3-13(9)8-10(14)12-4-6-15-7-5-12/h2-3H,4-8H2,1H3/p+1. The third-order valence-corrected chi connectivity index (χ3v) is 3.59. The summed E-state index contributed by atoms with van der Waals surface area (Å²) in [6.07, 6.45) is 3.76. The molecule has 2 heterocycles. The van der Waals surface area contributed by atoms with Gasteiger partial charge in [-0.05, 0) is 0 Å². The Morgan fingerprint density at radius 1 is 1.60 bits per heavy atom. The average Bonchev–Trinajstić information content (AvgIpc) is 2.66. The van der Waals surface area contributed by atoms with Gasteiger partial charge in [-0.1, -0.05) is 0 Å². The molecule has 1 saturated heterocycles. The van der Waals surface area contributed by atoms with Crippen molar-refractivity contribution >= 4 is 17.7 Å². The van der Waals surface area contributed by atoms with E-state index >= 15 is 0 Å². The summed E-state index contributed by atoms with van der Waals surface area (Å²) in [5.41, 5.74) is 0. The predicted molar refractivity (Wildman–Crippen MR) is 59.6 cm³/mol. The number of rotatable bonds is 2. The number of aromatic nitrogens is 2. The topological polar surface area (TPSA) is 40.0 Å². The Bertz CT molecular complexity index is 344. The first-order valence-electron chi connectivity index (χ1n) is 5.16. The molecule has 1 aliphatic rings. The lowest BCUT2D eigenvalue weighted by Gasteiger charge is -2.25. The summed E-state index contributed by atoms with van der Waals surface area (Å²) in [5, 5.41) is 0. The van der Waals surface area contributed by atoms with Crippen LogP contribution in [0, 0.1) is 6.92 Å². The normalized spacial score (nSPS) is 16.7. The highest BCUT2D eigenvalue weighted by molar-refractivity contribution is 7.99. The molecule has 1 aromatic heterocycles. The molecular formula is C10H16N3OS+. The van der Waals surface area contributed by atoms with Gasteiger partial charge in [-0.25, -0.2) is 9.55 Å². The summed E-state index contributed by atoms with van der Waals surface area (Å²) in [5.74, 6) is 3.39. The van der Waals surface area contributed by atoms with E-state index in [1.807, 2.05) is 40.5 Å². The summed E-state index contributed by atoms with van der Waals surface area (Å²) in [7, 11) is 0. The fourth-order valence-electron chi connectivity index (χ4n) is 1.67. The van der Waals surface area contributed by atoms with Gasteiger partial charge in [-0.2, -0.15) is 11.8 Å². The zero-order valence-electron chi connectivity index (χ0n) is 8.90. The van der Waals surface area contributed by atoms with Gasteiger partial charge in [-0.3, -0.25) is 4.79 Å². The van der Waals surface area contributed by atoms with Gasteiger partial charge in [-0.15, -0.1) is 0 Å². The molecule has 4 nitrogen and oxygen atoms in total. The molecule has 0 saturated carbocycles. The van der Waals surface area contributed by atoms with Crippen molar-refractivity contribution in [1.29, 1.82) is 0 Å². The van der Waals surface area contributed by atoms with Crippen LogP contribution in [0.4, 0.5) is 0 Å². The van der Waals surface area contributed by atoms with Crippen molar-refractivity contribution in [2.24, 2.45) is 0 Å². The molecular weight excluding hydrogens is 210 g/mol. The second-order valence-corrected chi connectivity index (χ2v) is 4.89. The molecule has 5 heteroatoms. The Hall–Kier alpha value is -0.970. The van der Waals surface area contributed by atoms with E-state index in [0.717, 1.165) is 30.4 Å². The second kappa shape index (κ2) is 4.70. The highest BCUT2D eigenvalue weighted by atomic mass is 32.2. The molecule has 0 spiro atoms. The fourth-order valence-corrected chi connectivity index (χ4v) is 2.58. The summed E-state index contributed by atoms with van der Waals surface area (Å²) in [6.45, 7) is 4.22. The average molecular weight is 226 g/mol. The number of nitrogens with zero attached hydrogens (tertiary/aromatic N) is 2. The summed E-state index contributed by atoms with van der Waals surface area (Å²) < 4.78 is 1.95. The van der Waals surface area contributed by atoms with Gasteiger partial charge in [0.1, 0.15) is 12.4 Å². The number of H-pyrrole nitrogens is 1. The van der Waals surface area contributed by atoms with Crippen LogP contribution in [-0.2, 0) is 11.3 Å². The zero-order valence-corrected chi connectivity index (χ0v) is 9.72. The summed E-state index contributed by atoms with van der Waals surface area (Å²) >= 11 is 1.92. The third-order valence-electron chi connectivity index (χ3n) is 2.65. The van der Waals surface area contributed by atoms with Crippen LogP contribution >= 0.6 is 11.8 Å². The summed E-state index contributed by atoms with van der Waals surface area (Å²) in [4.78, 5) is 16.9. The number of imidazole rings is 1. The Kier molecular flexibility index (Phi) is 3.30. The first-order valence-corrected chi connectivity index (χ1v) is 6.32. The van der Waals surface area contributed by atoms with E-state index in [0.29, 0.717) is 6.54 Å². The minimum atomic E-state index is 0.225. The maximum Gasteiger partial charge on any atom is 0.264 e. The van der Waals surface area contributed by atoms with E-state index < -0.39 is 0 Å². The number of aryl methyl sites for hydroxylation is 1. The number of carbonyl (C=O) groups is 1. The number of amides is 1. The molecule has 15 heavy (non-hydrogen) atoms. The van der Waals surface area contributed by atoms with Crippen molar-refractivity contribution in [3.05, 3.63) is 18.2 Å². The smallest absolute Gasteiger partial charge is 0.264 e. The SMILES string of the molecule is Cc1[nH]cc[n+]1CC(=O)N1CCSCC1. The fraction of sp³-hybridized carbons (Fsp3) is 0.600. The van der Waals surface area contributed by atoms with Crippen molar-refractivity contribution in [1.82, 2.24) is 9.88 Å². The number of thioether (sulfide) groups is 1. The van der Waals surface area contributed by atoms with E-state index in [9.17, 15) is 4.79 Å². The van der Waals surface area contributed by atoms with Gasteiger partial charge in [0.15, 0.2) is 6.54 Å². The van der Waals surface area contributed by atoms with Gasteiger partial charge in [0.2, 0.25) is 0 Å². The molecule has 82 valence electrons. The molecule has 1 amide bonds. The third kappa shape index (κ3) is 2.53. The quantitative estimate of drug-likeness (QED) is 0.731. The molecule has 0 bridgehead atoms. The molecule has 0 aliphatic carbocycles. The van der Waals surface area contributed by atoms with Crippen molar-refractivity contribution in [2.75, 3.05) is 24.6 Å². The minimum absolute atomic E-state index is 0.225. The van der Waals surface area contributed by atoms with Crippen LogP contribution in [0.2, 0.25) is 0 Å². The van der Waals surface area contributed by atoms with Gasteiger partial charge in [0.05, 0.1) is 0 Å². The molecule has 0 atom stereocenters. The molecule has 0 aromatic carbocycles. The van der Waals surface area contributed by atoms with E-state index in [2.05, 4.69) is 4.98 Å². The highest BCUT2D eigenvalue weighted by Crippen LogP contribution is 2.08. The van der Waals surface area contributed by atoms with Crippen molar-refractivity contribution in [2.45, 2.75) is 13.5 Å². The van der Waals surface area contributed by atoms with Crippen molar-refractivity contribution in [3.8, 4) is 0 Å². The van der Waals surface area contributed by atoms with Crippen LogP contribution < -0.4 is 4.57 Å². The second-order valence-electron chi connectivity index (χ2n) is 3.67. The van der Waals surface area contributed by atoms with Crippen LogP contribution in [0.15, 0.2) is 12.4 Å². The van der Waals surface area contributed by atoms with E-state index in [-0.39, 0.29) is 5.91 Å². The van der Waals surface area contributed by atoms with Crippen molar-refractivity contribution in [3.63, 3.8) is 0 Å². The Morgan fingerprint density at radius 3 is 2.93 bits per heavy atom. The number of hydrogen-bond acceptors (Lipinski definition) is 2. The lowest BCUT2D eigenvalue weighted by molar-refractivity contribution is -0.689. The Morgan fingerprint density at radius 2 is 2.33 bits per heavy atom. The number of aromatic amines is 1. The first kappa shape index (κ1) is 10.5. The van der Waals surface area contributed by atoms with Crippen LogP contribution in [0.5, 0.6) is 0 Å². The van der Waals surface area contributed by atoms with Gasteiger partial charge in [0, 0.05) is 31.5 Å². The Labute approximate surface area is 93.7 Å². The lowest BCUT2D eigenvalue weighted by Crippen LogP contribution is -2.47. The number of hydrogen-bond donors (Lipinski definition) is 1. The molecule has 1 N–H and O–H groups in total. The highest BCUT2D eigenvalue weighted by Gasteiger charge is 2.19. The minimum Gasteiger partial charge on any atom is -0.338 e. The molecule has 0 radical (unpaired) electrons.